The first-order valence-electron chi connectivity index (χ1n) is 6.78. The molecule has 0 saturated carbocycles. The van der Waals surface area contributed by atoms with Crippen LogP contribution in [-0.2, 0) is 9.84 Å². The number of benzene rings is 1. The monoisotopic (exact) mass is 331 g/mol. The maximum atomic E-state index is 12.1. The average molecular weight is 331 g/mol. The van der Waals surface area contributed by atoms with E-state index in [-0.39, 0.29) is 10.6 Å². The van der Waals surface area contributed by atoms with Gasteiger partial charge in [-0.15, -0.1) is 0 Å². The first-order valence-corrected chi connectivity index (χ1v) is 8.44. The van der Waals surface area contributed by atoms with Crippen molar-refractivity contribution in [1.82, 2.24) is 4.90 Å². The summed E-state index contributed by atoms with van der Waals surface area (Å²) in [6, 6.07) is 3.67. The zero-order valence-electron chi connectivity index (χ0n) is 12.7. The normalized spacial score (nSPS) is 11.6. The van der Waals surface area contributed by atoms with Gasteiger partial charge in [0.2, 0.25) is 0 Å². The summed E-state index contributed by atoms with van der Waals surface area (Å²) < 4.78 is 24.3. The largest absolute Gasteiger partial charge is 0.395 e. The minimum absolute atomic E-state index is 0.152. The van der Waals surface area contributed by atoms with E-state index in [9.17, 15) is 18.5 Å². The molecule has 124 valence electrons. The lowest BCUT2D eigenvalue weighted by atomic mass is 10.2. The molecule has 0 unspecified atom stereocenters. The number of aliphatic hydroxyl groups is 1. The lowest BCUT2D eigenvalue weighted by Gasteiger charge is -2.13. The van der Waals surface area contributed by atoms with Gasteiger partial charge < -0.3 is 15.3 Å². The van der Waals surface area contributed by atoms with Crippen LogP contribution < -0.4 is 5.32 Å². The first-order chi connectivity index (χ1) is 10.3. The smallest absolute Gasteiger partial charge is 0.270 e. The van der Waals surface area contributed by atoms with E-state index in [1.165, 1.54) is 12.1 Å². The van der Waals surface area contributed by atoms with E-state index in [0.29, 0.717) is 12.2 Å². The van der Waals surface area contributed by atoms with Crippen LogP contribution in [0, 0.1) is 10.1 Å². The molecular weight excluding hydrogens is 310 g/mol. The Kier molecular flexibility index (Phi) is 6.72. The van der Waals surface area contributed by atoms with Crippen molar-refractivity contribution in [3.63, 3.8) is 0 Å². The van der Waals surface area contributed by atoms with Crippen LogP contribution in [-0.4, -0.2) is 62.9 Å². The maximum Gasteiger partial charge on any atom is 0.270 e. The van der Waals surface area contributed by atoms with Crippen LogP contribution in [0.1, 0.15) is 6.42 Å². The molecule has 0 spiro atoms. The molecule has 0 bridgehead atoms. The SMILES string of the molecule is CN(C)CCCNc1ccc([N+](=O)[O-])cc1S(=O)(=O)CCO. The predicted octanol–water partition coefficient (Wildman–Crippen LogP) is 0.724. The summed E-state index contributed by atoms with van der Waals surface area (Å²) in [6.45, 7) is 0.835. The van der Waals surface area contributed by atoms with E-state index in [1.54, 1.807) is 0 Å². The predicted molar refractivity (Wildman–Crippen MR) is 83.9 cm³/mol. The standard InChI is InChI=1S/C13H21N3O5S/c1-15(2)7-3-6-14-12-5-4-11(16(18)19)10-13(12)22(20,21)9-8-17/h4-5,10,14,17H,3,6-9H2,1-2H3. The molecule has 0 heterocycles. The van der Waals surface area contributed by atoms with Crippen molar-refractivity contribution < 1.29 is 18.4 Å². The molecule has 8 nitrogen and oxygen atoms in total. The van der Waals surface area contributed by atoms with Gasteiger partial charge in [-0.3, -0.25) is 10.1 Å². The number of nitrogens with zero attached hydrogens (tertiary/aromatic N) is 2. The third-order valence-electron chi connectivity index (χ3n) is 2.97. The number of rotatable bonds is 9. The molecule has 0 atom stereocenters. The van der Waals surface area contributed by atoms with E-state index in [2.05, 4.69) is 5.32 Å². The van der Waals surface area contributed by atoms with E-state index in [4.69, 9.17) is 5.11 Å². The van der Waals surface area contributed by atoms with Crippen LogP contribution in [0.4, 0.5) is 11.4 Å². The Balaban J connectivity index is 3.02. The van der Waals surface area contributed by atoms with Gasteiger partial charge in [0.25, 0.3) is 5.69 Å². The van der Waals surface area contributed by atoms with Gasteiger partial charge in [-0.05, 0) is 33.1 Å². The Morgan fingerprint density at radius 3 is 2.59 bits per heavy atom. The van der Waals surface area contributed by atoms with Gasteiger partial charge >= 0.3 is 0 Å². The van der Waals surface area contributed by atoms with Crippen LogP contribution in [0.2, 0.25) is 0 Å². The summed E-state index contributed by atoms with van der Waals surface area (Å²) in [6.07, 6.45) is 0.795. The van der Waals surface area contributed by atoms with Crippen molar-refractivity contribution in [2.75, 3.05) is 44.9 Å². The Labute approximate surface area is 129 Å². The second-order valence-electron chi connectivity index (χ2n) is 5.06. The summed E-state index contributed by atoms with van der Waals surface area (Å²) in [4.78, 5) is 12.0. The number of non-ortho nitro benzene ring substituents is 1. The highest BCUT2D eigenvalue weighted by Crippen LogP contribution is 2.27. The van der Waals surface area contributed by atoms with E-state index < -0.39 is 27.1 Å². The molecule has 0 aliphatic heterocycles. The highest BCUT2D eigenvalue weighted by Gasteiger charge is 2.21. The van der Waals surface area contributed by atoms with Crippen molar-refractivity contribution in [1.29, 1.82) is 0 Å². The third kappa shape index (κ3) is 5.24. The lowest BCUT2D eigenvalue weighted by Crippen LogP contribution is -2.18. The summed E-state index contributed by atoms with van der Waals surface area (Å²) in [5.74, 6) is -0.472. The molecule has 0 aliphatic carbocycles. The number of nitrogens with one attached hydrogen (secondary N) is 1. The van der Waals surface area contributed by atoms with Crippen molar-refractivity contribution in [3.05, 3.63) is 28.3 Å². The second kappa shape index (κ2) is 8.06. The molecule has 0 aromatic heterocycles. The summed E-state index contributed by atoms with van der Waals surface area (Å²) >= 11 is 0. The van der Waals surface area contributed by atoms with Crippen LogP contribution in [0.3, 0.4) is 0 Å². The molecule has 0 saturated heterocycles. The lowest BCUT2D eigenvalue weighted by molar-refractivity contribution is -0.385. The summed E-state index contributed by atoms with van der Waals surface area (Å²) in [7, 11) is 0.0892. The summed E-state index contributed by atoms with van der Waals surface area (Å²) in [5.41, 5.74) is 0.0214. The van der Waals surface area contributed by atoms with Crippen molar-refractivity contribution in [2.24, 2.45) is 0 Å². The molecule has 22 heavy (non-hydrogen) atoms. The van der Waals surface area contributed by atoms with Gasteiger partial charge in [0.1, 0.15) is 0 Å². The minimum atomic E-state index is -3.78. The molecule has 0 amide bonds. The van der Waals surface area contributed by atoms with Crippen molar-refractivity contribution in [3.8, 4) is 0 Å². The van der Waals surface area contributed by atoms with Gasteiger partial charge in [0.05, 0.1) is 27.9 Å². The number of nitro benzene ring substituents is 1. The van der Waals surface area contributed by atoms with Crippen LogP contribution >= 0.6 is 0 Å². The minimum Gasteiger partial charge on any atom is -0.395 e. The Hall–Kier alpha value is -1.71. The zero-order valence-corrected chi connectivity index (χ0v) is 13.5. The Bertz CT molecular complexity index is 616. The topological polar surface area (TPSA) is 113 Å². The molecule has 0 fully saturated rings. The molecular formula is C13H21N3O5S. The fourth-order valence-corrected chi connectivity index (χ4v) is 3.11. The molecule has 0 aliphatic rings. The van der Waals surface area contributed by atoms with Crippen molar-refractivity contribution >= 4 is 21.2 Å². The van der Waals surface area contributed by atoms with E-state index in [0.717, 1.165) is 19.0 Å². The van der Waals surface area contributed by atoms with Crippen LogP contribution in [0.25, 0.3) is 0 Å². The molecule has 0 radical (unpaired) electrons. The van der Waals surface area contributed by atoms with Gasteiger partial charge in [-0.25, -0.2) is 8.42 Å². The number of anilines is 1. The quantitative estimate of drug-likeness (QED) is 0.389. The van der Waals surface area contributed by atoms with Gasteiger partial charge in [-0.2, -0.15) is 0 Å². The number of hydrogen-bond donors (Lipinski definition) is 2. The highest BCUT2D eigenvalue weighted by molar-refractivity contribution is 7.91. The molecule has 9 heteroatoms. The highest BCUT2D eigenvalue weighted by atomic mass is 32.2. The number of aliphatic hydroxyl groups excluding tert-OH is 1. The van der Waals surface area contributed by atoms with Crippen LogP contribution in [0.5, 0.6) is 0 Å². The Morgan fingerprint density at radius 1 is 1.36 bits per heavy atom. The fourth-order valence-electron chi connectivity index (χ4n) is 1.88. The second-order valence-corrected chi connectivity index (χ2v) is 7.14. The Morgan fingerprint density at radius 2 is 2.05 bits per heavy atom. The third-order valence-corrected chi connectivity index (χ3v) is 4.70. The van der Waals surface area contributed by atoms with Crippen LogP contribution in [0.15, 0.2) is 23.1 Å². The number of sulfone groups is 1. The van der Waals surface area contributed by atoms with E-state index >= 15 is 0 Å². The first kappa shape index (κ1) is 18.3. The number of nitro groups is 1. The van der Waals surface area contributed by atoms with Gasteiger partial charge in [-0.1, -0.05) is 0 Å². The summed E-state index contributed by atoms with van der Waals surface area (Å²) in [5, 5.41) is 22.7. The van der Waals surface area contributed by atoms with Crippen molar-refractivity contribution in [2.45, 2.75) is 11.3 Å². The van der Waals surface area contributed by atoms with E-state index in [1.807, 2.05) is 19.0 Å². The van der Waals surface area contributed by atoms with Gasteiger partial charge in [0, 0.05) is 18.7 Å². The number of hydrogen-bond acceptors (Lipinski definition) is 7. The molecule has 1 rings (SSSR count). The maximum absolute atomic E-state index is 12.1. The molecule has 1 aromatic rings. The van der Waals surface area contributed by atoms with Gasteiger partial charge in [0.15, 0.2) is 9.84 Å². The fraction of sp³-hybridized carbons (Fsp3) is 0.538. The molecule has 1 aromatic carbocycles. The molecule has 2 N–H and O–H groups in total. The average Bonchev–Trinajstić information content (AvgIpc) is 2.43. The zero-order chi connectivity index (χ0) is 16.8.